The third-order valence-electron chi connectivity index (χ3n) is 1.17. The molecule has 0 atom stereocenters. The molecule has 4 nitrogen and oxygen atoms in total. The molecule has 5 heteroatoms. The Labute approximate surface area is 134 Å². The van der Waals surface area contributed by atoms with Crippen LogP contribution in [0.5, 0.6) is 0 Å². The fourth-order valence-corrected chi connectivity index (χ4v) is 0.680. The van der Waals surface area contributed by atoms with Gasteiger partial charge in [0.25, 0.3) is 0 Å². The summed E-state index contributed by atoms with van der Waals surface area (Å²) in [5.41, 5.74) is 8.94. The van der Waals surface area contributed by atoms with Gasteiger partial charge in [-0.25, -0.2) is 24.3 Å². The molecule has 0 heterocycles. The van der Waals surface area contributed by atoms with Crippen LogP contribution in [0, 0.1) is 12.2 Å². The van der Waals surface area contributed by atoms with Gasteiger partial charge in [-0.1, -0.05) is 0 Å². The zero-order valence-electron chi connectivity index (χ0n) is 11.3. The molecule has 0 aliphatic heterocycles. The summed E-state index contributed by atoms with van der Waals surface area (Å²) in [5, 5.41) is 0. The molecule has 0 aromatic rings. The van der Waals surface area contributed by atoms with Gasteiger partial charge in [-0.15, -0.1) is 12.8 Å². The minimum Gasteiger partial charge on any atom is -0.370 e. The minimum absolute atomic E-state index is 0. The van der Waals surface area contributed by atoms with Crippen LogP contribution in [0.4, 0.5) is 0 Å². The number of nitrogens with two attached hydrogens (primary N) is 2. The van der Waals surface area contributed by atoms with Crippen LogP contribution in [-0.4, -0.2) is 11.8 Å². The van der Waals surface area contributed by atoms with E-state index in [0.717, 1.165) is 12.8 Å². The summed E-state index contributed by atoms with van der Waals surface area (Å²) in [6.07, 6.45) is 20.0. The molecule has 0 bridgehead atoms. The van der Waals surface area contributed by atoms with E-state index in [1.807, 2.05) is 24.3 Å². The quantitative estimate of drug-likeness (QED) is 0.455. The van der Waals surface area contributed by atoms with Crippen LogP contribution >= 0.6 is 0 Å². The number of hydrogen-bond donors (Lipinski definition) is 2. The molecule has 0 saturated carbocycles. The van der Waals surface area contributed by atoms with Gasteiger partial charge >= 0.3 is 0 Å². The van der Waals surface area contributed by atoms with E-state index in [9.17, 15) is 9.59 Å². The van der Waals surface area contributed by atoms with Crippen LogP contribution in [0.3, 0.4) is 0 Å². The number of primary amides is 2. The summed E-state index contributed by atoms with van der Waals surface area (Å²) < 4.78 is 0. The van der Waals surface area contributed by atoms with Crippen LogP contribution in [0.25, 0.3) is 0 Å². The number of allylic oxidation sites excluding steroid dienone is 8. The van der Waals surface area contributed by atoms with Gasteiger partial charge in [0.1, 0.15) is 0 Å². The molecule has 2 rings (SSSR count). The number of hydrogen-bond acceptors (Lipinski definition) is 2. The normalized spacial score (nSPS) is 11.9. The SMILES string of the molecule is CC(N)=O.CC(N)=O.[C-]1=CC=CC1.[C-]1=CC=CC1.[Hf]. The van der Waals surface area contributed by atoms with Gasteiger partial charge in [0, 0.05) is 39.7 Å². The third-order valence-corrected chi connectivity index (χ3v) is 1.17. The summed E-state index contributed by atoms with van der Waals surface area (Å²) in [6.45, 7) is 2.61. The Bertz CT molecular complexity index is 283. The first-order valence-corrected chi connectivity index (χ1v) is 5.42. The van der Waals surface area contributed by atoms with Crippen LogP contribution in [0.2, 0.25) is 0 Å². The molecule has 0 unspecified atom stereocenters. The Morgan fingerprint density at radius 3 is 1.21 bits per heavy atom. The van der Waals surface area contributed by atoms with E-state index in [1.54, 1.807) is 0 Å². The van der Waals surface area contributed by atoms with Crippen molar-refractivity contribution in [2.45, 2.75) is 26.7 Å². The first kappa shape index (κ1) is 22.9. The van der Waals surface area contributed by atoms with Gasteiger partial charge in [-0.2, -0.15) is 12.2 Å². The van der Waals surface area contributed by atoms with Crippen molar-refractivity contribution < 1.29 is 35.4 Å². The summed E-state index contributed by atoms with van der Waals surface area (Å²) in [7, 11) is 0. The van der Waals surface area contributed by atoms with E-state index in [2.05, 4.69) is 35.8 Å². The topological polar surface area (TPSA) is 86.2 Å². The molecular weight excluding hydrogens is 407 g/mol. The fraction of sp³-hybridized carbons (Fsp3) is 0.286. The van der Waals surface area contributed by atoms with E-state index in [-0.39, 0.29) is 37.7 Å². The van der Waals surface area contributed by atoms with Crippen molar-refractivity contribution >= 4 is 11.8 Å². The second-order valence-electron chi connectivity index (χ2n) is 3.23. The maximum absolute atomic E-state index is 9.22. The monoisotopic (exact) mass is 428 g/mol. The minimum atomic E-state index is -0.333. The van der Waals surface area contributed by atoms with Crippen molar-refractivity contribution in [3.63, 3.8) is 0 Å². The molecule has 2 aliphatic rings. The van der Waals surface area contributed by atoms with Crippen molar-refractivity contribution in [2.75, 3.05) is 0 Å². The average molecular weight is 427 g/mol. The molecule has 0 radical (unpaired) electrons. The molecule has 0 aromatic heterocycles. The fourth-order valence-electron chi connectivity index (χ4n) is 0.680. The smallest absolute Gasteiger partial charge is 0.214 e. The second kappa shape index (κ2) is 19.1. The van der Waals surface area contributed by atoms with Gasteiger partial charge in [0.15, 0.2) is 0 Å². The van der Waals surface area contributed by atoms with Crippen LogP contribution in [0.1, 0.15) is 26.7 Å². The van der Waals surface area contributed by atoms with E-state index >= 15 is 0 Å². The van der Waals surface area contributed by atoms with E-state index < -0.39 is 0 Å². The molecule has 104 valence electrons. The molecule has 0 fully saturated rings. The number of carbonyl (C=O) groups is 2. The number of amides is 2. The molecule has 2 amide bonds. The van der Waals surface area contributed by atoms with Crippen molar-refractivity contribution in [2.24, 2.45) is 11.5 Å². The molecule has 4 N–H and O–H groups in total. The zero-order valence-corrected chi connectivity index (χ0v) is 14.9. The Kier molecular flexibility index (Phi) is 23.1. The van der Waals surface area contributed by atoms with E-state index in [1.165, 1.54) is 13.8 Å². The summed E-state index contributed by atoms with van der Waals surface area (Å²) in [5.74, 6) is -0.667. The number of carbonyl (C=O) groups excluding carboxylic acids is 2. The van der Waals surface area contributed by atoms with Gasteiger partial charge in [-0.05, 0) is 0 Å². The summed E-state index contributed by atoms with van der Waals surface area (Å²) in [6, 6.07) is 0. The van der Waals surface area contributed by atoms with Crippen molar-refractivity contribution in [3.05, 3.63) is 48.6 Å². The van der Waals surface area contributed by atoms with Crippen molar-refractivity contribution in [1.82, 2.24) is 0 Å². The standard InChI is InChI=1S/2C5H5.2C2H5NO.Hf/c2*1-2-4-5-3-1;2*1-2(3)4;/h2*1-3H,4H2;2*1H3,(H2,3,4);/q2*-1;;;. The van der Waals surface area contributed by atoms with Gasteiger partial charge in [0.2, 0.25) is 11.8 Å². The summed E-state index contributed by atoms with van der Waals surface area (Å²) >= 11 is 0. The van der Waals surface area contributed by atoms with Crippen LogP contribution in [-0.2, 0) is 35.4 Å². The second-order valence-corrected chi connectivity index (χ2v) is 3.23. The first-order chi connectivity index (χ1) is 8.46. The maximum atomic E-state index is 9.22. The third kappa shape index (κ3) is 47.6. The Balaban J connectivity index is -0.000000178. The van der Waals surface area contributed by atoms with Crippen LogP contribution in [0.15, 0.2) is 36.5 Å². The van der Waals surface area contributed by atoms with Crippen LogP contribution < -0.4 is 11.5 Å². The molecular formula is C14H20HfN2O2-2. The molecule has 0 aromatic carbocycles. The van der Waals surface area contributed by atoms with E-state index in [0.29, 0.717) is 0 Å². The molecule has 19 heavy (non-hydrogen) atoms. The van der Waals surface area contributed by atoms with Gasteiger partial charge in [-0.3, -0.25) is 21.7 Å². The van der Waals surface area contributed by atoms with E-state index in [4.69, 9.17) is 0 Å². The molecule has 2 aliphatic carbocycles. The Hall–Kier alpha value is -1.23. The Morgan fingerprint density at radius 1 is 0.895 bits per heavy atom. The molecule has 0 saturated heterocycles. The summed E-state index contributed by atoms with van der Waals surface area (Å²) in [4.78, 5) is 18.4. The first-order valence-electron chi connectivity index (χ1n) is 5.42. The predicted molar refractivity (Wildman–Crippen MR) is 72.9 cm³/mol. The average Bonchev–Trinajstić information content (AvgIpc) is 2.96. The molecule has 0 spiro atoms. The maximum Gasteiger partial charge on any atom is 0.214 e. The van der Waals surface area contributed by atoms with Crippen molar-refractivity contribution in [3.8, 4) is 0 Å². The number of rotatable bonds is 0. The largest absolute Gasteiger partial charge is 0.370 e. The zero-order chi connectivity index (χ0) is 14.2. The van der Waals surface area contributed by atoms with Crippen molar-refractivity contribution in [1.29, 1.82) is 0 Å². The Morgan fingerprint density at radius 2 is 1.16 bits per heavy atom. The van der Waals surface area contributed by atoms with Gasteiger partial charge < -0.3 is 11.5 Å². The predicted octanol–water partition coefficient (Wildman–Crippen LogP) is 1.59. The van der Waals surface area contributed by atoms with Gasteiger partial charge in [0.05, 0.1) is 0 Å².